The van der Waals surface area contributed by atoms with Gasteiger partial charge in [0.2, 0.25) is 11.5 Å². The third kappa shape index (κ3) is 2.13. The van der Waals surface area contributed by atoms with Gasteiger partial charge in [0, 0.05) is 6.07 Å². The summed E-state index contributed by atoms with van der Waals surface area (Å²) in [5.74, 6) is -0.0707. The van der Waals surface area contributed by atoms with Crippen LogP contribution in [0.5, 0.6) is 5.88 Å². The Bertz CT molecular complexity index is 772. The molecule has 3 aromatic rings. The van der Waals surface area contributed by atoms with Crippen molar-refractivity contribution in [1.29, 1.82) is 0 Å². The SMILES string of the molecule is COc1nc2nonc2cc1Nc1ccc(C)cc1F. The van der Waals surface area contributed by atoms with E-state index in [-0.39, 0.29) is 11.7 Å². The summed E-state index contributed by atoms with van der Waals surface area (Å²) in [6.45, 7) is 1.82. The molecule has 6 nitrogen and oxygen atoms in total. The molecule has 1 aromatic carbocycles. The van der Waals surface area contributed by atoms with Crippen molar-refractivity contribution in [1.82, 2.24) is 15.3 Å². The standard InChI is InChI=1S/C13H11FN4O2/c1-7-3-4-9(8(14)5-7)15-11-6-10-12(18-20-17-10)16-13(11)19-2/h3-6,15H,1-2H3. The highest BCUT2D eigenvalue weighted by molar-refractivity contribution is 5.78. The van der Waals surface area contributed by atoms with Gasteiger partial charge in [0.25, 0.3) is 0 Å². The first-order valence-electron chi connectivity index (χ1n) is 5.88. The normalized spacial score (nSPS) is 10.8. The van der Waals surface area contributed by atoms with Crippen molar-refractivity contribution >= 4 is 22.5 Å². The van der Waals surface area contributed by atoms with Gasteiger partial charge in [0.1, 0.15) is 11.5 Å². The Kier molecular flexibility index (Phi) is 2.94. The van der Waals surface area contributed by atoms with Crippen molar-refractivity contribution in [3.8, 4) is 5.88 Å². The summed E-state index contributed by atoms with van der Waals surface area (Å²) in [5.41, 5.74) is 2.44. The topological polar surface area (TPSA) is 73.1 Å². The van der Waals surface area contributed by atoms with Gasteiger partial charge in [0.15, 0.2) is 5.52 Å². The maximum absolute atomic E-state index is 13.9. The van der Waals surface area contributed by atoms with Crippen LogP contribution in [0.4, 0.5) is 15.8 Å². The van der Waals surface area contributed by atoms with E-state index in [4.69, 9.17) is 4.74 Å². The predicted octanol–water partition coefficient (Wildman–Crippen LogP) is 2.82. The highest BCUT2D eigenvalue weighted by atomic mass is 19.1. The van der Waals surface area contributed by atoms with Crippen molar-refractivity contribution in [2.45, 2.75) is 6.92 Å². The number of methoxy groups -OCH3 is 1. The monoisotopic (exact) mass is 274 g/mol. The molecule has 3 rings (SSSR count). The maximum atomic E-state index is 13.9. The molecule has 102 valence electrons. The van der Waals surface area contributed by atoms with Crippen LogP contribution in [0.2, 0.25) is 0 Å². The van der Waals surface area contributed by atoms with Gasteiger partial charge in [-0.1, -0.05) is 6.07 Å². The van der Waals surface area contributed by atoms with Crippen LogP contribution in [0.3, 0.4) is 0 Å². The number of hydrogen-bond donors (Lipinski definition) is 1. The molecule has 1 N–H and O–H groups in total. The Morgan fingerprint density at radius 3 is 2.80 bits per heavy atom. The lowest BCUT2D eigenvalue weighted by molar-refractivity contribution is 0.314. The first-order valence-corrected chi connectivity index (χ1v) is 5.88. The number of nitrogens with zero attached hydrogens (tertiary/aromatic N) is 3. The second-order valence-corrected chi connectivity index (χ2v) is 4.26. The maximum Gasteiger partial charge on any atom is 0.239 e. The summed E-state index contributed by atoms with van der Waals surface area (Å²) in [6.07, 6.45) is 0. The lowest BCUT2D eigenvalue weighted by Crippen LogP contribution is -1.99. The fraction of sp³-hybridized carbons (Fsp3) is 0.154. The molecule has 0 aliphatic rings. The summed E-state index contributed by atoms with van der Waals surface area (Å²) >= 11 is 0. The van der Waals surface area contributed by atoms with E-state index < -0.39 is 0 Å². The largest absolute Gasteiger partial charge is 0.479 e. The second-order valence-electron chi connectivity index (χ2n) is 4.26. The van der Waals surface area contributed by atoms with Gasteiger partial charge >= 0.3 is 0 Å². The van der Waals surface area contributed by atoms with Gasteiger partial charge in [-0.2, -0.15) is 4.98 Å². The quantitative estimate of drug-likeness (QED) is 0.791. The second kappa shape index (κ2) is 4.76. The highest BCUT2D eigenvalue weighted by Gasteiger charge is 2.13. The number of anilines is 2. The minimum atomic E-state index is -0.356. The summed E-state index contributed by atoms with van der Waals surface area (Å²) in [7, 11) is 1.47. The Hall–Kier alpha value is -2.70. The average Bonchev–Trinajstić information content (AvgIpc) is 2.88. The van der Waals surface area contributed by atoms with E-state index in [1.807, 2.05) is 13.0 Å². The van der Waals surface area contributed by atoms with E-state index in [2.05, 4.69) is 25.2 Å². The lowest BCUT2D eigenvalue weighted by atomic mass is 10.2. The van der Waals surface area contributed by atoms with Crippen LogP contribution in [0.15, 0.2) is 28.9 Å². The molecule has 0 saturated heterocycles. The van der Waals surface area contributed by atoms with Crippen molar-refractivity contribution < 1.29 is 13.8 Å². The van der Waals surface area contributed by atoms with Crippen LogP contribution in [-0.2, 0) is 0 Å². The molecule has 0 radical (unpaired) electrons. The smallest absolute Gasteiger partial charge is 0.239 e. The Labute approximate surface area is 113 Å². The number of halogens is 1. The minimum absolute atomic E-state index is 0.285. The molecule has 2 heterocycles. The summed E-state index contributed by atoms with van der Waals surface area (Å²) in [4.78, 5) is 4.12. The van der Waals surface area contributed by atoms with E-state index in [0.717, 1.165) is 5.56 Å². The van der Waals surface area contributed by atoms with Gasteiger partial charge in [-0.25, -0.2) is 9.02 Å². The number of aryl methyl sites for hydroxylation is 1. The molecule has 20 heavy (non-hydrogen) atoms. The number of nitrogens with one attached hydrogen (secondary N) is 1. The third-order valence-electron chi connectivity index (χ3n) is 2.80. The predicted molar refractivity (Wildman–Crippen MR) is 70.6 cm³/mol. The average molecular weight is 274 g/mol. The number of pyridine rings is 1. The molecule has 0 amide bonds. The third-order valence-corrected chi connectivity index (χ3v) is 2.80. The molecule has 0 spiro atoms. The molecule has 0 saturated carbocycles. The molecule has 7 heteroatoms. The minimum Gasteiger partial charge on any atom is -0.479 e. The Balaban J connectivity index is 2.04. The fourth-order valence-corrected chi connectivity index (χ4v) is 1.83. The van der Waals surface area contributed by atoms with Gasteiger partial charge < -0.3 is 10.1 Å². The van der Waals surface area contributed by atoms with Crippen LogP contribution < -0.4 is 10.1 Å². The van der Waals surface area contributed by atoms with E-state index in [1.54, 1.807) is 12.1 Å². The van der Waals surface area contributed by atoms with E-state index in [9.17, 15) is 4.39 Å². The molecule has 0 aliphatic heterocycles. The first-order chi connectivity index (χ1) is 9.67. The van der Waals surface area contributed by atoms with Crippen LogP contribution in [0.25, 0.3) is 11.2 Å². The Morgan fingerprint density at radius 1 is 1.20 bits per heavy atom. The first kappa shape index (κ1) is 12.3. The number of benzene rings is 1. The zero-order valence-corrected chi connectivity index (χ0v) is 10.8. The molecular formula is C13H11FN4O2. The zero-order chi connectivity index (χ0) is 14.1. The molecule has 0 unspecified atom stereocenters. The molecular weight excluding hydrogens is 263 g/mol. The summed E-state index contributed by atoms with van der Waals surface area (Å²) in [5, 5.41) is 10.2. The molecule has 0 fully saturated rings. The van der Waals surface area contributed by atoms with Crippen molar-refractivity contribution in [3.05, 3.63) is 35.6 Å². The van der Waals surface area contributed by atoms with Crippen LogP contribution in [0, 0.1) is 12.7 Å². The molecule has 0 bridgehead atoms. The molecule has 0 aliphatic carbocycles. The van der Waals surface area contributed by atoms with Gasteiger partial charge in [0.05, 0.1) is 12.8 Å². The Morgan fingerprint density at radius 2 is 2.05 bits per heavy atom. The highest BCUT2D eigenvalue weighted by Crippen LogP contribution is 2.29. The summed E-state index contributed by atoms with van der Waals surface area (Å²) in [6, 6.07) is 6.53. The van der Waals surface area contributed by atoms with Crippen LogP contribution >= 0.6 is 0 Å². The van der Waals surface area contributed by atoms with Crippen LogP contribution in [-0.4, -0.2) is 22.4 Å². The van der Waals surface area contributed by atoms with Crippen molar-refractivity contribution in [3.63, 3.8) is 0 Å². The van der Waals surface area contributed by atoms with Crippen molar-refractivity contribution in [2.75, 3.05) is 12.4 Å². The lowest BCUT2D eigenvalue weighted by Gasteiger charge is -2.10. The fourth-order valence-electron chi connectivity index (χ4n) is 1.83. The number of hydrogen-bond acceptors (Lipinski definition) is 6. The molecule has 0 atom stereocenters. The number of fused-ring (bicyclic) bond motifs is 1. The molecule has 2 aromatic heterocycles. The van der Waals surface area contributed by atoms with E-state index in [1.165, 1.54) is 13.2 Å². The summed E-state index contributed by atoms with van der Waals surface area (Å²) < 4.78 is 23.6. The van der Waals surface area contributed by atoms with Gasteiger partial charge in [-0.3, -0.25) is 0 Å². The van der Waals surface area contributed by atoms with Crippen LogP contribution in [0.1, 0.15) is 5.56 Å². The van der Waals surface area contributed by atoms with Crippen molar-refractivity contribution in [2.24, 2.45) is 0 Å². The zero-order valence-electron chi connectivity index (χ0n) is 10.8. The number of ether oxygens (including phenoxy) is 1. The number of aromatic nitrogens is 3. The van der Waals surface area contributed by atoms with Gasteiger partial charge in [-0.05, 0) is 34.9 Å². The van der Waals surface area contributed by atoms with Gasteiger partial charge in [-0.15, -0.1) is 0 Å². The van der Waals surface area contributed by atoms with E-state index in [0.29, 0.717) is 22.5 Å². The number of rotatable bonds is 3. The van der Waals surface area contributed by atoms with E-state index >= 15 is 0 Å².